The average molecular weight is 309 g/mol. The van der Waals surface area contributed by atoms with Crippen LogP contribution in [0.3, 0.4) is 0 Å². The highest BCUT2D eigenvalue weighted by molar-refractivity contribution is 5.78. The van der Waals surface area contributed by atoms with Crippen molar-refractivity contribution in [2.24, 2.45) is 0 Å². The number of aryl methyl sites for hydroxylation is 1. The van der Waals surface area contributed by atoms with Crippen LogP contribution in [0.1, 0.15) is 28.6 Å². The van der Waals surface area contributed by atoms with E-state index < -0.39 is 0 Å². The Kier molecular flexibility index (Phi) is 4.62. The van der Waals surface area contributed by atoms with Crippen LogP contribution >= 0.6 is 0 Å². The number of carbonyl (C=O) groups excluding carboxylic acids is 1. The lowest BCUT2D eigenvalue weighted by atomic mass is 10.0. The summed E-state index contributed by atoms with van der Waals surface area (Å²) in [5, 5.41) is 2.97. The van der Waals surface area contributed by atoms with Gasteiger partial charge < -0.3 is 14.2 Å². The van der Waals surface area contributed by atoms with Gasteiger partial charge in [0.2, 0.25) is 5.91 Å². The molecule has 0 fully saturated rings. The van der Waals surface area contributed by atoms with Crippen molar-refractivity contribution in [2.75, 3.05) is 6.54 Å². The molecule has 0 atom stereocenters. The topological polar surface area (TPSA) is 55.4 Å². The first kappa shape index (κ1) is 15.2. The smallest absolute Gasteiger partial charge is 0.224 e. The molecule has 3 rings (SSSR count). The molecule has 0 unspecified atom stereocenters. The second kappa shape index (κ2) is 7.01. The van der Waals surface area contributed by atoms with E-state index in [0.29, 0.717) is 13.0 Å². The summed E-state index contributed by atoms with van der Waals surface area (Å²) in [6.45, 7) is 2.46. The summed E-state index contributed by atoms with van der Waals surface area (Å²) in [5.74, 6) is 1.41. The van der Waals surface area contributed by atoms with Gasteiger partial charge in [-0.15, -0.1) is 0 Å². The number of nitrogens with one attached hydrogen (secondary N) is 1. The minimum absolute atomic E-state index is 0.0151. The van der Waals surface area contributed by atoms with Crippen LogP contribution in [0.15, 0.2) is 69.9 Å². The SMILES string of the molecule is Cc1cccc(CC(=O)NCC(c2ccco2)c2ccco2)c1. The number of rotatable bonds is 6. The number of furan rings is 2. The van der Waals surface area contributed by atoms with Gasteiger partial charge in [-0.25, -0.2) is 0 Å². The third kappa shape index (κ3) is 3.92. The van der Waals surface area contributed by atoms with Crippen molar-refractivity contribution in [3.63, 3.8) is 0 Å². The van der Waals surface area contributed by atoms with Gasteiger partial charge in [0.1, 0.15) is 11.5 Å². The second-order valence-electron chi connectivity index (χ2n) is 5.55. The Morgan fingerprint density at radius 2 is 1.74 bits per heavy atom. The quantitative estimate of drug-likeness (QED) is 0.756. The van der Waals surface area contributed by atoms with Crippen LogP contribution in [0, 0.1) is 6.92 Å². The molecule has 3 aromatic rings. The standard InChI is InChI=1S/C19H19NO3/c1-14-5-2-6-15(11-14)12-19(21)20-13-16(17-7-3-9-22-17)18-8-4-10-23-18/h2-11,16H,12-13H2,1H3,(H,20,21). The molecule has 0 aliphatic carbocycles. The maximum atomic E-state index is 12.2. The molecule has 0 spiro atoms. The molecule has 0 saturated carbocycles. The summed E-state index contributed by atoms with van der Waals surface area (Å²) in [5.41, 5.74) is 2.16. The minimum atomic E-state index is -0.124. The third-order valence-electron chi connectivity index (χ3n) is 3.72. The lowest BCUT2D eigenvalue weighted by Gasteiger charge is -2.13. The highest BCUT2D eigenvalue weighted by Crippen LogP contribution is 2.24. The summed E-state index contributed by atoms with van der Waals surface area (Å²) < 4.78 is 10.9. The van der Waals surface area contributed by atoms with Gasteiger partial charge in [-0.2, -0.15) is 0 Å². The molecule has 4 heteroatoms. The van der Waals surface area contributed by atoms with Crippen molar-refractivity contribution in [3.05, 3.63) is 83.7 Å². The number of carbonyl (C=O) groups is 1. The lowest BCUT2D eigenvalue weighted by Crippen LogP contribution is -2.29. The van der Waals surface area contributed by atoms with Crippen LogP contribution in [0.4, 0.5) is 0 Å². The van der Waals surface area contributed by atoms with Crippen molar-refractivity contribution >= 4 is 5.91 Å². The summed E-state index contributed by atoms with van der Waals surface area (Å²) in [4.78, 5) is 12.2. The highest BCUT2D eigenvalue weighted by Gasteiger charge is 2.20. The second-order valence-corrected chi connectivity index (χ2v) is 5.55. The van der Waals surface area contributed by atoms with Gasteiger partial charge >= 0.3 is 0 Å². The minimum Gasteiger partial charge on any atom is -0.469 e. The monoisotopic (exact) mass is 309 g/mol. The Hall–Kier alpha value is -2.75. The maximum Gasteiger partial charge on any atom is 0.224 e. The van der Waals surface area contributed by atoms with Crippen LogP contribution in [0.2, 0.25) is 0 Å². The maximum absolute atomic E-state index is 12.2. The Morgan fingerprint density at radius 1 is 1.04 bits per heavy atom. The molecule has 118 valence electrons. The molecule has 1 amide bonds. The van der Waals surface area contributed by atoms with E-state index in [0.717, 1.165) is 22.6 Å². The van der Waals surface area contributed by atoms with Crippen LogP contribution in [-0.4, -0.2) is 12.5 Å². The van der Waals surface area contributed by atoms with Gasteiger partial charge in [0.25, 0.3) is 0 Å². The van der Waals surface area contributed by atoms with E-state index in [1.807, 2.05) is 55.5 Å². The Labute approximate surface area is 135 Å². The first-order valence-electron chi connectivity index (χ1n) is 7.61. The van der Waals surface area contributed by atoms with E-state index in [1.54, 1.807) is 12.5 Å². The van der Waals surface area contributed by atoms with Crippen molar-refractivity contribution in [3.8, 4) is 0 Å². The first-order chi connectivity index (χ1) is 11.2. The summed E-state index contributed by atoms with van der Waals surface area (Å²) in [7, 11) is 0. The van der Waals surface area contributed by atoms with E-state index in [1.165, 1.54) is 0 Å². The highest BCUT2D eigenvalue weighted by atomic mass is 16.3. The van der Waals surface area contributed by atoms with Crippen molar-refractivity contribution in [1.29, 1.82) is 0 Å². The largest absolute Gasteiger partial charge is 0.469 e. The van der Waals surface area contributed by atoms with E-state index in [9.17, 15) is 4.79 Å². The van der Waals surface area contributed by atoms with Crippen LogP contribution in [0.5, 0.6) is 0 Å². The molecule has 4 nitrogen and oxygen atoms in total. The Bertz CT molecular complexity index is 711. The summed E-state index contributed by atoms with van der Waals surface area (Å²) >= 11 is 0. The fourth-order valence-corrected chi connectivity index (χ4v) is 2.61. The molecule has 1 N–H and O–H groups in total. The van der Waals surface area contributed by atoms with Crippen molar-refractivity contribution in [2.45, 2.75) is 19.3 Å². The molecule has 23 heavy (non-hydrogen) atoms. The van der Waals surface area contributed by atoms with E-state index in [2.05, 4.69) is 5.32 Å². The molecule has 2 heterocycles. The number of amides is 1. The van der Waals surface area contributed by atoms with E-state index >= 15 is 0 Å². The molecule has 0 saturated heterocycles. The first-order valence-corrected chi connectivity index (χ1v) is 7.61. The molecule has 2 aromatic heterocycles. The van der Waals surface area contributed by atoms with Crippen LogP contribution in [-0.2, 0) is 11.2 Å². The predicted octanol–water partition coefficient (Wildman–Crippen LogP) is 3.67. The average Bonchev–Trinajstić information content (AvgIpc) is 3.21. The van der Waals surface area contributed by atoms with E-state index in [-0.39, 0.29) is 11.8 Å². The van der Waals surface area contributed by atoms with Gasteiger partial charge in [0.05, 0.1) is 24.9 Å². The number of benzene rings is 1. The molecule has 0 aliphatic rings. The van der Waals surface area contributed by atoms with Gasteiger partial charge in [0, 0.05) is 6.54 Å². The Morgan fingerprint density at radius 3 is 2.30 bits per heavy atom. The normalized spacial score (nSPS) is 10.9. The molecule has 0 aliphatic heterocycles. The number of hydrogen-bond donors (Lipinski definition) is 1. The van der Waals surface area contributed by atoms with Gasteiger partial charge in [-0.3, -0.25) is 4.79 Å². The molecular weight excluding hydrogens is 290 g/mol. The molecule has 1 aromatic carbocycles. The van der Waals surface area contributed by atoms with Crippen LogP contribution < -0.4 is 5.32 Å². The van der Waals surface area contributed by atoms with Gasteiger partial charge in [0.15, 0.2) is 0 Å². The van der Waals surface area contributed by atoms with Gasteiger partial charge in [-0.1, -0.05) is 29.8 Å². The zero-order valence-corrected chi connectivity index (χ0v) is 13.0. The zero-order chi connectivity index (χ0) is 16.1. The molecule has 0 bridgehead atoms. The molecule has 0 radical (unpaired) electrons. The predicted molar refractivity (Wildman–Crippen MR) is 87.2 cm³/mol. The zero-order valence-electron chi connectivity index (χ0n) is 13.0. The lowest BCUT2D eigenvalue weighted by molar-refractivity contribution is -0.120. The van der Waals surface area contributed by atoms with Crippen molar-refractivity contribution in [1.82, 2.24) is 5.32 Å². The number of hydrogen-bond acceptors (Lipinski definition) is 3. The van der Waals surface area contributed by atoms with Crippen molar-refractivity contribution < 1.29 is 13.6 Å². The molecular formula is C19H19NO3. The van der Waals surface area contributed by atoms with E-state index in [4.69, 9.17) is 8.83 Å². The van der Waals surface area contributed by atoms with Crippen LogP contribution in [0.25, 0.3) is 0 Å². The van der Waals surface area contributed by atoms with Gasteiger partial charge in [-0.05, 0) is 36.8 Å². The Balaban J connectivity index is 1.64. The fraction of sp³-hybridized carbons (Fsp3) is 0.211. The third-order valence-corrected chi connectivity index (χ3v) is 3.72. The summed E-state index contributed by atoms with van der Waals surface area (Å²) in [6.07, 6.45) is 3.62. The fourth-order valence-electron chi connectivity index (χ4n) is 2.61. The summed E-state index contributed by atoms with van der Waals surface area (Å²) in [6, 6.07) is 15.4.